The Morgan fingerprint density at radius 3 is 2.68 bits per heavy atom. The summed E-state index contributed by atoms with van der Waals surface area (Å²) < 4.78 is 7.03. The summed E-state index contributed by atoms with van der Waals surface area (Å²) in [7, 11) is 0. The van der Waals surface area contributed by atoms with Crippen LogP contribution in [0.5, 0.6) is 0 Å². The molecule has 0 unspecified atom stereocenters. The summed E-state index contributed by atoms with van der Waals surface area (Å²) in [6.07, 6.45) is 2.32. The Hall–Kier alpha value is -1.29. The van der Waals surface area contributed by atoms with Crippen molar-refractivity contribution in [3.8, 4) is 0 Å². The van der Waals surface area contributed by atoms with E-state index in [-0.39, 0.29) is 6.09 Å². The summed E-state index contributed by atoms with van der Waals surface area (Å²) in [4.78, 5) is 12.2. The van der Waals surface area contributed by atoms with E-state index in [9.17, 15) is 4.79 Å². The van der Waals surface area contributed by atoms with Crippen LogP contribution in [0.4, 0.5) is 4.79 Å². The monoisotopic (exact) mass is 323 g/mol. The second-order valence-corrected chi connectivity index (χ2v) is 6.25. The van der Waals surface area contributed by atoms with Crippen molar-refractivity contribution < 1.29 is 9.53 Å². The molecule has 0 spiro atoms. The van der Waals surface area contributed by atoms with Gasteiger partial charge in [0.15, 0.2) is 0 Å². The van der Waals surface area contributed by atoms with Crippen molar-refractivity contribution in [1.29, 1.82) is 0 Å². The molecule has 0 aliphatic rings. The van der Waals surface area contributed by atoms with Crippen LogP contribution in [0.1, 0.15) is 26.3 Å². The van der Waals surface area contributed by atoms with Gasteiger partial charge < -0.3 is 4.74 Å². The van der Waals surface area contributed by atoms with E-state index in [4.69, 9.17) is 4.74 Å². The fraction of sp³-hybridized carbons (Fsp3) is 0.400. The zero-order valence-electron chi connectivity index (χ0n) is 11.4. The number of carbonyl (C=O) groups is 1. The van der Waals surface area contributed by atoms with Gasteiger partial charge in [0.1, 0.15) is 5.60 Å². The zero-order valence-corrected chi connectivity index (χ0v) is 13.0. The molecule has 2 rings (SSSR count). The maximum Gasteiger partial charge on any atom is 0.418 e. The van der Waals surface area contributed by atoms with Crippen molar-refractivity contribution in [1.82, 2.24) is 4.57 Å². The molecule has 0 atom stereocenters. The Labute approximate surface area is 121 Å². The average molecular weight is 324 g/mol. The largest absolute Gasteiger partial charge is 0.443 e. The lowest BCUT2D eigenvalue weighted by Crippen LogP contribution is -2.26. The van der Waals surface area contributed by atoms with Crippen LogP contribution < -0.4 is 0 Å². The minimum absolute atomic E-state index is 0.329. The molecule has 0 N–H and O–H groups in total. The summed E-state index contributed by atoms with van der Waals surface area (Å²) in [6, 6.07) is 8.01. The van der Waals surface area contributed by atoms with Crippen molar-refractivity contribution in [3.63, 3.8) is 0 Å². The maximum atomic E-state index is 12.2. The molecule has 0 aliphatic carbocycles. The number of rotatable bonds is 2. The predicted octanol–water partition coefficient (Wildman–Crippen LogP) is 4.36. The minimum atomic E-state index is -0.488. The van der Waals surface area contributed by atoms with Crippen molar-refractivity contribution in [2.75, 3.05) is 5.33 Å². The second kappa shape index (κ2) is 5.37. The normalized spacial score (nSPS) is 11.8. The van der Waals surface area contributed by atoms with Gasteiger partial charge in [0.2, 0.25) is 0 Å². The third-order valence-electron chi connectivity index (χ3n) is 2.75. The number of aromatic nitrogens is 1. The van der Waals surface area contributed by atoms with Crippen LogP contribution in [0, 0.1) is 0 Å². The van der Waals surface area contributed by atoms with E-state index < -0.39 is 5.60 Å². The minimum Gasteiger partial charge on any atom is -0.443 e. The zero-order chi connectivity index (χ0) is 14.0. The molecule has 0 bridgehead atoms. The van der Waals surface area contributed by atoms with Gasteiger partial charge in [0, 0.05) is 16.9 Å². The molecule has 1 aromatic heterocycles. The van der Waals surface area contributed by atoms with Gasteiger partial charge in [-0.25, -0.2) is 4.79 Å². The lowest BCUT2D eigenvalue weighted by atomic mass is 10.1. The number of carbonyl (C=O) groups excluding carboxylic acids is 1. The molecule has 102 valence electrons. The van der Waals surface area contributed by atoms with Crippen LogP contribution in [0.2, 0.25) is 0 Å². The highest BCUT2D eigenvalue weighted by molar-refractivity contribution is 9.09. The second-order valence-electron chi connectivity index (χ2n) is 5.46. The van der Waals surface area contributed by atoms with Gasteiger partial charge in [-0.3, -0.25) is 4.57 Å². The first kappa shape index (κ1) is 14.1. The predicted molar refractivity (Wildman–Crippen MR) is 81.1 cm³/mol. The molecular weight excluding hydrogens is 306 g/mol. The summed E-state index contributed by atoms with van der Waals surface area (Å²) in [5.74, 6) is 0. The molecule has 0 fully saturated rings. The molecule has 0 amide bonds. The van der Waals surface area contributed by atoms with Crippen molar-refractivity contribution >= 4 is 32.9 Å². The topological polar surface area (TPSA) is 31.2 Å². The van der Waals surface area contributed by atoms with Crippen molar-refractivity contribution in [2.45, 2.75) is 32.8 Å². The average Bonchev–Trinajstić information content (AvgIpc) is 2.72. The number of aryl methyl sites for hydroxylation is 1. The van der Waals surface area contributed by atoms with E-state index in [2.05, 4.69) is 15.9 Å². The van der Waals surface area contributed by atoms with Gasteiger partial charge >= 0.3 is 6.09 Å². The van der Waals surface area contributed by atoms with Gasteiger partial charge in [0.25, 0.3) is 0 Å². The highest BCUT2D eigenvalue weighted by atomic mass is 79.9. The number of alkyl halides is 1. The summed E-state index contributed by atoms with van der Waals surface area (Å²) >= 11 is 3.45. The van der Waals surface area contributed by atoms with E-state index in [0.29, 0.717) is 0 Å². The Balaban J connectivity index is 2.46. The smallest absolute Gasteiger partial charge is 0.418 e. The molecule has 0 aliphatic heterocycles. The number of nitrogens with zero attached hydrogens (tertiary/aromatic N) is 1. The van der Waals surface area contributed by atoms with E-state index in [1.165, 1.54) is 0 Å². The van der Waals surface area contributed by atoms with Crippen LogP contribution in [-0.2, 0) is 11.2 Å². The Kier molecular flexibility index (Phi) is 3.99. The lowest BCUT2D eigenvalue weighted by molar-refractivity contribution is 0.0544. The first-order chi connectivity index (χ1) is 8.92. The Morgan fingerprint density at radius 2 is 2.05 bits per heavy atom. The highest BCUT2D eigenvalue weighted by Gasteiger charge is 2.19. The number of fused-ring (bicyclic) bond motifs is 1. The summed E-state index contributed by atoms with van der Waals surface area (Å²) in [6.45, 7) is 5.61. The SMILES string of the molecule is CC(C)(C)OC(=O)n1ccc2cccc(CCBr)c21. The van der Waals surface area contributed by atoms with Crippen LogP contribution in [0.3, 0.4) is 0 Å². The number of ether oxygens (including phenoxy) is 1. The van der Waals surface area contributed by atoms with E-state index in [1.807, 2.05) is 45.0 Å². The number of hydrogen-bond donors (Lipinski definition) is 0. The van der Waals surface area contributed by atoms with Gasteiger partial charge in [-0.2, -0.15) is 0 Å². The number of para-hydroxylation sites is 1. The standard InChI is InChI=1S/C15H18BrNO2/c1-15(2,3)19-14(18)17-10-8-12-6-4-5-11(7-9-16)13(12)17/h4-6,8,10H,7,9H2,1-3H3. The Morgan fingerprint density at radius 1 is 1.32 bits per heavy atom. The van der Waals surface area contributed by atoms with Crippen molar-refractivity contribution in [2.24, 2.45) is 0 Å². The molecule has 2 aromatic rings. The van der Waals surface area contributed by atoms with Crippen LogP contribution >= 0.6 is 15.9 Å². The molecule has 19 heavy (non-hydrogen) atoms. The number of hydrogen-bond acceptors (Lipinski definition) is 2. The van der Waals surface area contributed by atoms with Crippen LogP contribution in [-0.4, -0.2) is 21.6 Å². The fourth-order valence-corrected chi connectivity index (χ4v) is 2.46. The molecule has 0 radical (unpaired) electrons. The summed E-state index contributed by atoms with van der Waals surface area (Å²) in [5, 5.41) is 1.93. The van der Waals surface area contributed by atoms with Gasteiger partial charge in [-0.05, 0) is 38.8 Å². The Bertz CT molecular complexity index is 596. The number of halogens is 1. The third-order valence-corrected chi connectivity index (χ3v) is 3.15. The summed E-state index contributed by atoms with van der Waals surface area (Å²) in [5.41, 5.74) is 1.60. The van der Waals surface area contributed by atoms with Crippen molar-refractivity contribution in [3.05, 3.63) is 36.0 Å². The quantitative estimate of drug-likeness (QED) is 0.769. The van der Waals surface area contributed by atoms with E-state index in [1.54, 1.807) is 10.8 Å². The maximum absolute atomic E-state index is 12.2. The molecule has 1 heterocycles. The fourth-order valence-electron chi connectivity index (χ4n) is 2.04. The van der Waals surface area contributed by atoms with Gasteiger partial charge in [-0.15, -0.1) is 0 Å². The molecular formula is C15H18BrNO2. The van der Waals surface area contributed by atoms with E-state index >= 15 is 0 Å². The molecule has 0 saturated heterocycles. The third kappa shape index (κ3) is 3.18. The molecule has 0 saturated carbocycles. The number of benzene rings is 1. The first-order valence-corrected chi connectivity index (χ1v) is 7.43. The first-order valence-electron chi connectivity index (χ1n) is 6.30. The molecule has 3 nitrogen and oxygen atoms in total. The molecule has 1 aromatic carbocycles. The van der Waals surface area contributed by atoms with Gasteiger partial charge in [-0.1, -0.05) is 34.1 Å². The van der Waals surface area contributed by atoms with Crippen LogP contribution in [0.15, 0.2) is 30.5 Å². The van der Waals surface area contributed by atoms with Gasteiger partial charge in [0.05, 0.1) is 5.52 Å². The molecule has 4 heteroatoms. The van der Waals surface area contributed by atoms with Crippen LogP contribution in [0.25, 0.3) is 10.9 Å². The lowest BCUT2D eigenvalue weighted by Gasteiger charge is -2.20. The van der Waals surface area contributed by atoms with E-state index in [0.717, 1.165) is 28.2 Å². The highest BCUT2D eigenvalue weighted by Crippen LogP contribution is 2.22.